The van der Waals surface area contributed by atoms with Crippen molar-refractivity contribution in [3.8, 4) is 0 Å². The van der Waals surface area contributed by atoms with E-state index in [0.29, 0.717) is 0 Å². The molecule has 0 unspecified atom stereocenters. The quantitative estimate of drug-likeness (QED) is 0.626. The van der Waals surface area contributed by atoms with Crippen LogP contribution in [0.5, 0.6) is 0 Å². The molecule has 0 bridgehead atoms. The molecule has 19 heavy (non-hydrogen) atoms. The maximum Gasteiger partial charge on any atom is 0.273 e. The number of amides is 1. The van der Waals surface area contributed by atoms with Gasteiger partial charge in [-0.25, -0.2) is 4.39 Å². The van der Waals surface area contributed by atoms with Crippen molar-refractivity contribution in [2.75, 3.05) is 13.2 Å². The first-order chi connectivity index (χ1) is 8.75. The lowest BCUT2D eigenvalue weighted by Crippen LogP contribution is -2.36. The standard InChI is InChI=1S/C12H15FN2O4/c1-12(2,7-16)6-14-11(17)8-3-9(13)5-10(4-8)15(18)19/h3-5,16H,6-7H2,1-2H3,(H,14,17). The van der Waals surface area contributed by atoms with E-state index in [4.69, 9.17) is 5.11 Å². The highest BCUT2D eigenvalue weighted by molar-refractivity contribution is 5.94. The van der Waals surface area contributed by atoms with Crippen LogP contribution in [0.2, 0.25) is 0 Å². The molecule has 1 amide bonds. The average Bonchev–Trinajstić information content (AvgIpc) is 2.35. The van der Waals surface area contributed by atoms with Crippen LogP contribution in [0.25, 0.3) is 0 Å². The highest BCUT2D eigenvalue weighted by Crippen LogP contribution is 2.17. The van der Waals surface area contributed by atoms with Crippen LogP contribution in [0.4, 0.5) is 10.1 Å². The molecule has 0 saturated heterocycles. The zero-order valence-electron chi connectivity index (χ0n) is 10.6. The van der Waals surface area contributed by atoms with Crippen LogP contribution in [-0.4, -0.2) is 29.1 Å². The van der Waals surface area contributed by atoms with Crippen molar-refractivity contribution < 1.29 is 19.2 Å². The fourth-order valence-electron chi connectivity index (χ4n) is 1.29. The van der Waals surface area contributed by atoms with Crippen LogP contribution in [0, 0.1) is 21.3 Å². The van der Waals surface area contributed by atoms with Gasteiger partial charge in [-0.2, -0.15) is 0 Å². The Kier molecular flexibility index (Phi) is 4.55. The minimum Gasteiger partial charge on any atom is -0.396 e. The minimum atomic E-state index is -0.847. The summed E-state index contributed by atoms with van der Waals surface area (Å²) >= 11 is 0. The predicted octanol–water partition coefficient (Wildman–Crippen LogP) is 1.48. The molecule has 1 rings (SSSR count). The summed E-state index contributed by atoms with van der Waals surface area (Å²) in [6.45, 7) is 3.52. The van der Waals surface area contributed by atoms with Crippen molar-refractivity contribution in [1.82, 2.24) is 5.32 Å². The Bertz CT molecular complexity index is 503. The van der Waals surface area contributed by atoms with Gasteiger partial charge in [0.1, 0.15) is 5.82 Å². The molecule has 0 saturated carbocycles. The number of hydrogen-bond donors (Lipinski definition) is 2. The van der Waals surface area contributed by atoms with Crippen LogP contribution < -0.4 is 5.32 Å². The van der Waals surface area contributed by atoms with Crippen molar-refractivity contribution in [1.29, 1.82) is 0 Å². The molecule has 0 fully saturated rings. The molecule has 6 nitrogen and oxygen atoms in total. The zero-order chi connectivity index (χ0) is 14.6. The van der Waals surface area contributed by atoms with E-state index in [-0.39, 0.29) is 18.7 Å². The maximum absolute atomic E-state index is 13.2. The summed E-state index contributed by atoms with van der Waals surface area (Å²) in [7, 11) is 0. The second kappa shape index (κ2) is 5.75. The van der Waals surface area contributed by atoms with E-state index < -0.39 is 27.8 Å². The molecule has 0 atom stereocenters. The Balaban J connectivity index is 2.85. The molecule has 1 aromatic carbocycles. The lowest BCUT2D eigenvalue weighted by Gasteiger charge is -2.21. The second-order valence-corrected chi connectivity index (χ2v) is 4.96. The average molecular weight is 270 g/mol. The highest BCUT2D eigenvalue weighted by atomic mass is 19.1. The van der Waals surface area contributed by atoms with E-state index in [1.54, 1.807) is 13.8 Å². The summed E-state index contributed by atoms with van der Waals surface area (Å²) in [5.74, 6) is -1.47. The number of nitrogens with one attached hydrogen (secondary N) is 1. The number of nitrogens with zero attached hydrogens (tertiary/aromatic N) is 1. The first kappa shape index (κ1) is 15.0. The van der Waals surface area contributed by atoms with Crippen LogP contribution in [0.3, 0.4) is 0 Å². The molecule has 104 valence electrons. The molecular weight excluding hydrogens is 255 g/mol. The van der Waals surface area contributed by atoms with Gasteiger partial charge in [-0.3, -0.25) is 14.9 Å². The smallest absolute Gasteiger partial charge is 0.273 e. The summed E-state index contributed by atoms with van der Waals surface area (Å²) in [4.78, 5) is 21.6. The van der Waals surface area contributed by atoms with Crippen molar-refractivity contribution in [3.05, 3.63) is 39.7 Å². The molecule has 0 heterocycles. The molecule has 0 radical (unpaired) electrons. The third-order valence-corrected chi connectivity index (χ3v) is 2.51. The molecule has 0 aliphatic carbocycles. The van der Waals surface area contributed by atoms with Crippen LogP contribution in [0.15, 0.2) is 18.2 Å². The fourth-order valence-corrected chi connectivity index (χ4v) is 1.29. The first-order valence-corrected chi connectivity index (χ1v) is 5.59. The van der Waals surface area contributed by atoms with Gasteiger partial charge in [0.15, 0.2) is 0 Å². The van der Waals surface area contributed by atoms with Gasteiger partial charge in [0.05, 0.1) is 11.0 Å². The largest absolute Gasteiger partial charge is 0.396 e. The van der Waals surface area contributed by atoms with Crippen LogP contribution in [-0.2, 0) is 0 Å². The Hall–Kier alpha value is -2.02. The fraction of sp³-hybridized carbons (Fsp3) is 0.417. The number of halogens is 1. The van der Waals surface area contributed by atoms with E-state index >= 15 is 0 Å². The molecular formula is C12H15FN2O4. The lowest BCUT2D eigenvalue weighted by molar-refractivity contribution is -0.385. The van der Waals surface area contributed by atoms with E-state index in [0.717, 1.165) is 18.2 Å². The number of non-ortho nitro benzene ring substituents is 1. The molecule has 0 aromatic heterocycles. The Morgan fingerprint density at radius 3 is 2.63 bits per heavy atom. The van der Waals surface area contributed by atoms with Crippen molar-refractivity contribution in [2.24, 2.45) is 5.41 Å². The Morgan fingerprint density at radius 1 is 1.47 bits per heavy atom. The topological polar surface area (TPSA) is 92.5 Å². The van der Waals surface area contributed by atoms with Gasteiger partial charge in [0.2, 0.25) is 0 Å². The second-order valence-electron chi connectivity index (χ2n) is 4.96. The lowest BCUT2D eigenvalue weighted by atomic mass is 9.95. The predicted molar refractivity (Wildman–Crippen MR) is 66.3 cm³/mol. The number of benzene rings is 1. The first-order valence-electron chi connectivity index (χ1n) is 5.59. The number of nitro groups is 1. The van der Waals surface area contributed by atoms with E-state index in [2.05, 4.69) is 5.32 Å². The number of carbonyl (C=O) groups excluding carboxylic acids is 1. The normalized spacial score (nSPS) is 11.2. The summed E-state index contributed by atoms with van der Waals surface area (Å²) in [5, 5.41) is 22.1. The number of nitro benzene ring substituents is 1. The van der Waals surface area contributed by atoms with Gasteiger partial charge in [0, 0.05) is 30.2 Å². The number of aliphatic hydroxyl groups is 1. The maximum atomic E-state index is 13.2. The van der Waals surface area contributed by atoms with Crippen LogP contribution >= 0.6 is 0 Å². The molecule has 0 aliphatic heterocycles. The molecule has 0 spiro atoms. The third kappa shape index (κ3) is 4.29. The SMILES string of the molecule is CC(C)(CO)CNC(=O)c1cc(F)cc([N+](=O)[O-])c1. The van der Waals surface area contributed by atoms with Crippen molar-refractivity contribution >= 4 is 11.6 Å². The number of carbonyl (C=O) groups is 1. The van der Waals surface area contributed by atoms with E-state index in [1.807, 2.05) is 0 Å². The molecule has 0 aliphatic rings. The molecule has 1 aromatic rings. The van der Waals surface area contributed by atoms with Crippen molar-refractivity contribution in [2.45, 2.75) is 13.8 Å². The Morgan fingerprint density at radius 2 is 2.11 bits per heavy atom. The van der Waals surface area contributed by atoms with Gasteiger partial charge in [-0.15, -0.1) is 0 Å². The van der Waals surface area contributed by atoms with Crippen molar-refractivity contribution in [3.63, 3.8) is 0 Å². The minimum absolute atomic E-state index is 0.125. The number of hydrogen-bond acceptors (Lipinski definition) is 4. The monoisotopic (exact) mass is 270 g/mol. The summed E-state index contributed by atoms with van der Waals surface area (Å²) in [6, 6.07) is 2.67. The van der Waals surface area contributed by atoms with Gasteiger partial charge in [0.25, 0.3) is 11.6 Å². The molecule has 2 N–H and O–H groups in total. The van der Waals surface area contributed by atoms with Gasteiger partial charge < -0.3 is 10.4 Å². The number of aliphatic hydroxyl groups excluding tert-OH is 1. The third-order valence-electron chi connectivity index (χ3n) is 2.51. The van der Waals surface area contributed by atoms with Crippen LogP contribution in [0.1, 0.15) is 24.2 Å². The van der Waals surface area contributed by atoms with Gasteiger partial charge in [-0.05, 0) is 6.07 Å². The van der Waals surface area contributed by atoms with E-state index in [1.165, 1.54) is 0 Å². The van der Waals surface area contributed by atoms with Gasteiger partial charge >= 0.3 is 0 Å². The summed E-state index contributed by atoms with van der Waals surface area (Å²) in [6.07, 6.45) is 0. The van der Waals surface area contributed by atoms with E-state index in [9.17, 15) is 19.3 Å². The molecule has 7 heteroatoms. The van der Waals surface area contributed by atoms with Gasteiger partial charge in [-0.1, -0.05) is 13.8 Å². The zero-order valence-corrected chi connectivity index (χ0v) is 10.6. The summed E-state index contributed by atoms with van der Waals surface area (Å²) < 4.78 is 13.2. The Labute approximate surface area is 109 Å². The highest BCUT2D eigenvalue weighted by Gasteiger charge is 2.19. The summed E-state index contributed by atoms with van der Waals surface area (Å²) in [5.41, 5.74) is -1.12. The number of rotatable bonds is 5.